The average molecular weight is 469 g/mol. The molecule has 2 aromatic carbocycles. The lowest BCUT2D eigenvalue weighted by atomic mass is 9.85. The Morgan fingerprint density at radius 2 is 1.70 bits per heavy atom. The van der Waals surface area contributed by atoms with Gasteiger partial charge in [0.25, 0.3) is 0 Å². The van der Waals surface area contributed by atoms with Gasteiger partial charge in [0.15, 0.2) is 0 Å². The molecule has 3 rings (SSSR count). The zero-order valence-corrected chi connectivity index (χ0v) is 20.5. The van der Waals surface area contributed by atoms with Crippen molar-refractivity contribution in [3.63, 3.8) is 0 Å². The van der Waals surface area contributed by atoms with Crippen molar-refractivity contribution in [1.82, 2.24) is 0 Å². The fourth-order valence-electron chi connectivity index (χ4n) is 4.09. The Bertz CT molecular complexity index is 1000. The number of hydrogen-bond donors (Lipinski definition) is 1. The molecule has 1 unspecified atom stereocenters. The average Bonchev–Trinajstić information content (AvgIpc) is 3.32. The van der Waals surface area contributed by atoms with Crippen LogP contribution in [0.3, 0.4) is 0 Å². The van der Waals surface area contributed by atoms with Gasteiger partial charge in [-0.1, -0.05) is 12.1 Å². The number of aryl methyl sites for hydroxylation is 1. The summed E-state index contributed by atoms with van der Waals surface area (Å²) in [6, 6.07) is 13.4. The summed E-state index contributed by atoms with van der Waals surface area (Å²) in [4.78, 5) is 11.2. The summed E-state index contributed by atoms with van der Waals surface area (Å²) in [7, 11) is 3.25. The lowest BCUT2D eigenvalue weighted by Gasteiger charge is -2.25. The minimum absolute atomic E-state index is 0.000305. The normalized spacial score (nSPS) is 12.8. The maximum absolute atomic E-state index is 11.4. The smallest absolute Gasteiger partial charge is 0.308 e. The molecule has 3 aromatic rings. The lowest BCUT2D eigenvalue weighted by molar-refractivity contribution is -0.131. The summed E-state index contributed by atoms with van der Waals surface area (Å²) in [6.07, 6.45) is 2.84. The molecule has 1 N–H and O–H groups in total. The highest BCUT2D eigenvalue weighted by atomic mass is 32.1. The molecule has 0 aliphatic heterocycles. The lowest BCUT2D eigenvalue weighted by Crippen LogP contribution is -2.16. The maximum atomic E-state index is 11.4. The molecule has 33 heavy (non-hydrogen) atoms. The summed E-state index contributed by atoms with van der Waals surface area (Å²) in [5, 5.41) is 15.7. The van der Waals surface area contributed by atoms with Gasteiger partial charge in [0.2, 0.25) is 0 Å². The van der Waals surface area contributed by atoms with E-state index in [4.69, 9.17) is 14.2 Å². The van der Waals surface area contributed by atoms with E-state index in [-0.39, 0.29) is 11.9 Å². The molecule has 0 bridgehead atoms. The Kier molecular flexibility index (Phi) is 8.92. The molecule has 1 aromatic heterocycles. The predicted molar refractivity (Wildman–Crippen MR) is 131 cm³/mol. The Morgan fingerprint density at radius 1 is 1.03 bits per heavy atom. The van der Waals surface area contributed by atoms with Crippen LogP contribution in [0.15, 0.2) is 53.2 Å². The molecule has 0 radical (unpaired) electrons. The number of esters is 1. The SMILES string of the molecule is COc1cc(C(O)[C@H](CCCc2ccsc2)Cc2ccc(OC(C)=O)cc2)cc(OC)c1C. The van der Waals surface area contributed by atoms with Gasteiger partial charge in [-0.2, -0.15) is 11.3 Å². The monoisotopic (exact) mass is 468 g/mol. The van der Waals surface area contributed by atoms with E-state index in [1.807, 2.05) is 31.2 Å². The summed E-state index contributed by atoms with van der Waals surface area (Å²) in [5.41, 5.74) is 4.10. The van der Waals surface area contributed by atoms with Gasteiger partial charge in [0.1, 0.15) is 17.2 Å². The molecule has 0 aliphatic carbocycles. The Morgan fingerprint density at radius 3 is 2.24 bits per heavy atom. The standard InChI is InChI=1S/C27H32O5S/c1-18-25(30-3)15-23(16-26(18)31-4)27(29)22(7-5-6-21-12-13-33-17-21)14-20-8-10-24(11-9-20)32-19(2)28/h8-13,15-17,22,27,29H,5-7,14H2,1-4H3/t22-,27?/m1/s1. The predicted octanol–water partition coefficient (Wildman–Crippen LogP) is 5.91. The number of methoxy groups -OCH3 is 2. The number of thiophene rings is 1. The van der Waals surface area contributed by atoms with Crippen LogP contribution < -0.4 is 14.2 Å². The van der Waals surface area contributed by atoms with Crippen molar-refractivity contribution in [3.05, 3.63) is 75.5 Å². The van der Waals surface area contributed by atoms with Gasteiger partial charge in [-0.15, -0.1) is 0 Å². The van der Waals surface area contributed by atoms with Crippen LogP contribution in [0.4, 0.5) is 0 Å². The van der Waals surface area contributed by atoms with Gasteiger partial charge in [-0.3, -0.25) is 4.79 Å². The second-order valence-corrected chi connectivity index (χ2v) is 9.00. The van der Waals surface area contributed by atoms with E-state index in [0.29, 0.717) is 23.7 Å². The van der Waals surface area contributed by atoms with Crippen LogP contribution in [0.5, 0.6) is 17.2 Å². The second-order valence-electron chi connectivity index (χ2n) is 8.22. The minimum Gasteiger partial charge on any atom is -0.496 e. The first-order chi connectivity index (χ1) is 15.9. The molecule has 0 amide bonds. The third-order valence-electron chi connectivity index (χ3n) is 5.87. The summed E-state index contributed by atoms with van der Waals surface area (Å²) in [6.45, 7) is 3.33. The first kappa shape index (κ1) is 24.8. The van der Waals surface area contributed by atoms with E-state index in [0.717, 1.165) is 36.0 Å². The van der Waals surface area contributed by atoms with Gasteiger partial charge >= 0.3 is 5.97 Å². The fourth-order valence-corrected chi connectivity index (χ4v) is 4.79. The van der Waals surface area contributed by atoms with Crippen LogP contribution in [0.2, 0.25) is 0 Å². The van der Waals surface area contributed by atoms with E-state index >= 15 is 0 Å². The van der Waals surface area contributed by atoms with E-state index in [2.05, 4.69) is 16.8 Å². The molecule has 0 aliphatic rings. The van der Waals surface area contributed by atoms with Crippen LogP contribution in [-0.2, 0) is 17.6 Å². The van der Waals surface area contributed by atoms with Gasteiger partial charge in [-0.05, 0) is 96.3 Å². The van der Waals surface area contributed by atoms with E-state index in [1.165, 1.54) is 12.5 Å². The highest BCUT2D eigenvalue weighted by molar-refractivity contribution is 7.07. The topological polar surface area (TPSA) is 65.0 Å². The molecule has 176 valence electrons. The van der Waals surface area contributed by atoms with Crippen molar-refractivity contribution < 1.29 is 24.1 Å². The van der Waals surface area contributed by atoms with Crippen molar-refractivity contribution in [2.45, 2.75) is 45.6 Å². The van der Waals surface area contributed by atoms with E-state index in [9.17, 15) is 9.90 Å². The number of rotatable bonds is 11. The maximum Gasteiger partial charge on any atom is 0.308 e. The molecule has 0 saturated heterocycles. The largest absolute Gasteiger partial charge is 0.496 e. The number of carbonyl (C=O) groups excluding carboxylic acids is 1. The summed E-state index contributed by atoms with van der Waals surface area (Å²) in [5.74, 6) is 1.58. The van der Waals surface area contributed by atoms with Crippen molar-refractivity contribution in [3.8, 4) is 17.2 Å². The Labute approximate surface area is 199 Å². The fraction of sp³-hybridized carbons (Fsp3) is 0.370. The number of carbonyl (C=O) groups is 1. The molecule has 0 spiro atoms. The number of benzene rings is 2. The highest BCUT2D eigenvalue weighted by Gasteiger charge is 2.24. The van der Waals surface area contributed by atoms with E-state index < -0.39 is 6.10 Å². The van der Waals surface area contributed by atoms with E-state index in [1.54, 1.807) is 37.7 Å². The molecule has 1 heterocycles. The second kappa shape index (κ2) is 11.9. The Hall–Kier alpha value is -2.83. The molecular formula is C27H32O5S. The highest BCUT2D eigenvalue weighted by Crippen LogP contribution is 2.37. The third kappa shape index (κ3) is 6.83. The molecule has 5 nitrogen and oxygen atoms in total. The zero-order valence-electron chi connectivity index (χ0n) is 19.7. The summed E-state index contributed by atoms with van der Waals surface area (Å²) >= 11 is 1.71. The van der Waals surface area contributed by atoms with Gasteiger partial charge < -0.3 is 19.3 Å². The van der Waals surface area contributed by atoms with Gasteiger partial charge in [0, 0.05) is 12.5 Å². The van der Waals surface area contributed by atoms with Crippen molar-refractivity contribution in [2.24, 2.45) is 5.92 Å². The first-order valence-electron chi connectivity index (χ1n) is 11.1. The molecule has 0 saturated carbocycles. The van der Waals surface area contributed by atoms with Crippen LogP contribution in [0, 0.1) is 12.8 Å². The van der Waals surface area contributed by atoms with Crippen LogP contribution in [-0.4, -0.2) is 25.3 Å². The van der Waals surface area contributed by atoms with Gasteiger partial charge in [-0.25, -0.2) is 0 Å². The molecule has 6 heteroatoms. The third-order valence-corrected chi connectivity index (χ3v) is 6.60. The molecule has 0 fully saturated rings. The van der Waals surface area contributed by atoms with Crippen LogP contribution in [0.25, 0.3) is 0 Å². The summed E-state index contributed by atoms with van der Waals surface area (Å²) < 4.78 is 16.2. The Balaban J connectivity index is 1.81. The molecular weight excluding hydrogens is 436 g/mol. The number of aliphatic hydroxyl groups is 1. The van der Waals surface area contributed by atoms with Crippen molar-refractivity contribution in [1.29, 1.82) is 0 Å². The van der Waals surface area contributed by atoms with Crippen LogP contribution >= 0.6 is 11.3 Å². The quantitative estimate of drug-likeness (QED) is 0.280. The van der Waals surface area contributed by atoms with Crippen molar-refractivity contribution >= 4 is 17.3 Å². The zero-order chi connectivity index (χ0) is 23.8. The van der Waals surface area contributed by atoms with Crippen molar-refractivity contribution in [2.75, 3.05) is 14.2 Å². The number of aliphatic hydroxyl groups excluding tert-OH is 1. The van der Waals surface area contributed by atoms with Crippen LogP contribution in [0.1, 0.15) is 48.1 Å². The first-order valence-corrected chi connectivity index (χ1v) is 12.0. The number of hydrogen-bond acceptors (Lipinski definition) is 6. The molecule has 2 atom stereocenters. The number of ether oxygens (including phenoxy) is 3. The minimum atomic E-state index is -0.677. The van der Waals surface area contributed by atoms with Gasteiger partial charge in [0.05, 0.1) is 20.3 Å².